The number of rotatable bonds is 21. The Hall–Kier alpha value is -2.93. The van der Waals surface area contributed by atoms with Crippen LogP contribution < -0.4 is 14.8 Å². The van der Waals surface area contributed by atoms with Crippen LogP contribution in [-0.2, 0) is 11.3 Å². The number of carbonyl (C=O) groups is 2. The number of anilines is 1. The van der Waals surface area contributed by atoms with E-state index in [1.165, 1.54) is 76.8 Å². The molecule has 1 aliphatic heterocycles. The molecule has 1 aliphatic rings. The second-order valence-corrected chi connectivity index (χ2v) is 12.1. The summed E-state index contributed by atoms with van der Waals surface area (Å²) in [5, 5.41) is 5.08. The molecule has 1 N–H and O–H groups in total. The first kappa shape index (κ1) is 33.6. The van der Waals surface area contributed by atoms with Gasteiger partial charge < -0.3 is 19.7 Å². The van der Waals surface area contributed by atoms with Gasteiger partial charge in [-0.15, -0.1) is 11.8 Å². The average molecular weight is 595 g/mol. The molecule has 0 unspecified atom stereocenters. The van der Waals surface area contributed by atoms with Crippen molar-refractivity contribution in [2.75, 3.05) is 24.4 Å². The van der Waals surface area contributed by atoms with Crippen molar-refractivity contribution in [1.29, 1.82) is 0 Å². The molecule has 0 spiro atoms. The molecule has 1 heterocycles. The third-order valence-electron chi connectivity index (χ3n) is 7.52. The van der Waals surface area contributed by atoms with E-state index in [9.17, 15) is 9.59 Å². The Morgan fingerprint density at radius 2 is 1.57 bits per heavy atom. The van der Waals surface area contributed by atoms with Gasteiger partial charge in [0.25, 0.3) is 5.91 Å². The van der Waals surface area contributed by atoms with E-state index < -0.39 is 0 Å². The number of amides is 1. The first-order valence-corrected chi connectivity index (χ1v) is 16.8. The summed E-state index contributed by atoms with van der Waals surface area (Å²) in [6.45, 7) is 7.14. The lowest BCUT2D eigenvalue weighted by Crippen LogP contribution is -2.21. The summed E-state index contributed by atoms with van der Waals surface area (Å²) in [4.78, 5) is 27.2. The van der Waals surface area contributed by atoms with Crippen molar-refractivity contribution >= 4 is 29.1 Å². The van der Waals surface area contributed by atoms with E-state index in [-0.39, 0.29) is 18.3 Å². The topological polar surface area (TPSA) is 67.9 Å². The van der Waals surface area contributed by atoms with E-state index in [1.807, 2.05) is 18.2 Å². The van der Waals surface area contributed by atoms with Gasteiger partial charge in [0.05, 0.1) is 18.0 Å². The van der Waals surface area contributed by atoms with Crippen molar-refractivity contribution in [2.45, 2.75) is 104 Å². The number of ketones is 1. The normalized spacial score (nSPS) is 12.7. The van der Waals surface area contributed by atoms with Crippen LogP contribution in [0.2, 0.25) is 0 Å². The molecule has 0 bridgehead atoms. The van der Waals surface area contributed by atoms with Crippen molar-refractivity contribution in [1.82, 2.24) is 4.90 Å². The number of Topliss-reactive ketones (excluding diaryl/α,β-unsaturated/α-hetero) is 1. The molecule has 0 saturated heterocycles. The molecule has 0 aliphatic carbocycles. The molecular weight excluding hydrogens is 544 g/mol. The maximum Gasteiger partial charge on any atom is 0.262 e. The average Bonchev–Trinajstić information content (AvgIpc) is 3.38. The van der Waals surface area contributed by atoms with Crippen molar-refractivity contribution in [2.24, 2.45) is 0 Å². The summed E-state index contributed by atoms with van der Waals surface area (Å²) in [6, 6.07) is 13.1. The molecule has 6 nitrogen and oxygen atoms in total. The van der Waals surface area contributed by atoms with E-state index >= 15 is 0 Å². The third kappa shape index (κ3) is 12.5. The molecule has 7 heteroatoms. The SMILES string of the molecule is CCCCCCCCCCCCCCOc1ccc(OCC(=O)Nc2cccc(CN3CSC=C3C)c2)cc1C(C)=O. The zero-order valence-electron chi connectivity index (χ0n) is 25.9. The summed E-state index contributed by atoms with van der Waals surface area (Å²) >= 11 is 1.79. The molecule has 230 valence electrons. The predicted molar refractivity (Wildman–Crippen MR) is 175 cm³/mol. The van der Waals surface area contributed by atoms with Crippen molar-refractivity contribution < 1.29 is 19.1 Å². The number of hydrogen-bond acceptors (Lipinski definition) is 6. The van der Waals surface area contributed by atoms with Gasteiger partial charge in [0.2, 0.25) is 0 Å². The van der Waals surface area contributed by atoms with Crippen molar-refractivity contribution in [3.63, 3.8) is 0 Å². The molecule has 2 aromatic rings. The van der Waals surface area contributed by atoms with Crippen LogP contribution >= 0.6 is 11.8 Å². The second kappa shape index (κ2) is 19.3. The highest BCUT2D eigenvalue weighted by atomic mass is 32.2. The Labute approximate surface area is 257 Å². The quantitative estimate of drug-likeness (QED) is 0.115. The minimum absolute atomic E-state index is 0.0899. The minimum atomic E-state index is -0.253. The molecule has 42 heavy (non-hydrogen) atoms. The van der Waals surface area contributed by atoms with Gasteiger partial charge in [-0.05, 0) is 61.6 Å². The molecule has 0 fully saturated rings. The van der Waals surface area contributed by atoms with Crippen LogP contribution in [0.4, 0.5) is 5.69 Å². The van der Waals surface area contributed by atoms with Gasteiger partial charge in [-0.25, -0.2) is 0 Å². The minimum Gasteiger partial charge on any atom is -0.493 e. The Kier molecular flexibility index (Phi) is 15.4. The zero-order valence-corrected chi connectivity index (χ0v) is 26.7. The van der Waals surface area contributed by atoms with E-state index in [1.54, 1.807) is 30.0 Å². The Morgan fingerprint density at radius 1 is 0.881 bits per heavy atom. The summed E-state index contributed by atoms with van der Waals surface area (Å²) in [5.74, 6) is 1.64. The lowest BCUT2D eigenvalue weighted by atomic mass is 10.1. The number of allylic oxidation sites excluding steroid dienone is 1. The number of thioether (sulfide) groups is 1. The number of nitrogens with zero attached hydrogens (tertiary/aromatic N) is 1. The van der Waals surface area contributed by atoms with E-state index in [4.69, 9.17) is 9.47 Å². The Morgan fingerprint density at radius 3 is 2.21 bits per heavy atom. The fraction of sp³-hybridized carbons (Fsp3) is 0.543. The maximum absolute atomic E-state index is 12.6. The largest absolute Gasteiger partial charge is 0.493 e. The van der Waals surface area contributed by atoms with Crippen LogP contribution in [0.3, 0.4) is 0 Å². The van der Waals surface area contributed by atoms with Gasteiger partial charge in [-0.1, -0.05) is 89.7 Å². The van der Waals surface area contributed by atoms with E-state index in [0.717, 1.165) is 36.5 Å². The number of nitrogens with one attached hydrogen (secondary N) is 1. The van der Waals surface area contributed by atoms with Crippen LogP contribution in [0.25, 0.3) is 0 Å². The van der Waals surface area contributed by atoms with E-state index in [0.29, 0.717) is 23.7 Å². The zero-order chi connectivity index (χ0) is 30.0. The second-order valence-electron chi connectivity index (χ2n) is 11.2. The van der Waals surface area contributed by atoms with Crippen LogP contribution in [0.1, 0.15) is 114 Å². The smallest absolute Gasteiger partial charge is 0.262 e. The molecule has 0 atom stereocenters. The number of carbonyl (C=O) groups excluding carboxylic acids is 2. The first-order valence-electron chi connectivity index (χ1n) is 15.8. The molecular formula is C35H50N2O4S. The summed E-state index contributed by atoms with van der Waals surface area (Å²) < 4.78 is 11.7. The summed E-state index contributed by atoms with van der Waals surface area (Å²) in [6.07, 6.45) is 15.5. The van der Waals surface area contributed by atoms with Crippen LogP contribution in [0.5, 0.6) is 11.5 Å². The molecule has 0 saturated carbocycles. The van der Waals surface area contributed by atoms with Crippen LogP contribution in [0.15, 0.2) is 53.6 Å². The Balaban J connectivity index is 1.34. The highest BCUT2D eigenvalue weighted by Crippen LogP contribution is 2.27. The fourth-order valence-electron chi connectivity index (χ4n) is 5.03. The fourth-order valence-corrected chi connectivity index (χ4v) is 5.97. The standard InChI is InChI=1S/C35H50N2O4S/c1-4-5-6-7-8-9-10-11-12-13-14-15-21-40-34-20-19-32(23-33(34)29(3)38)41-25-35(39)36-31-18-16-17-30(22-31)24-37-27-42-26-28(37)2/h16-20,22-23,26H,4-15,21,24-25,27H2,1-3H3,(H,36,39). The first-order chi connectivity index (χ1) is 20.5. The lowest BCUT2D eigenvalue weighted by molar-refractivity contribution is -0.118. The number of ether oxygens (including phenoxy) is 2. The molecule has 0 aromatic heterocycles. The van der Waals surface area contributed by atoms with Crippen LogP contribution in [-0.4, -0.2) is 35.7 Å². The molecule has 3 rings (SSSR count). The number of hydrogen-bond donors (Lipinski definition) is 1. The summed E-state index contributed by atoms with van der Waals surface area (Å²) in [7, 11) is 0. The molecule has 2 aromatic carbocycles. The van der Waals surface area contributed by atoms with Gasteiger partial charge >= 0.3 is 0 Å². The highest BCUT2D eigenvalue weighted by molar-refractivity contribution is 8.02. The predicted octanol–water partition coefficient (Wildman–Crippen LogP) is 9.35. The Bertz CT molecular complexity index is 1150. The number of unbranched alkanes of at least 4 members (excludes halogenated alkanes) is 11. The van der Waals surface area contributed by atoms with Gasteiger partial charge in [-0.2, -0.15) is 0 Å². The maximum atomic E-state index is 12.6. The lowest BCUT2D eigenvalue weighted by Gasteiger charge is -2.19. The van der Waals surface area contributed by atoms with Crippen molar-refractivity contribution in [3.8, 4) is 11.5 Å². The van der Waals surface area contributed by atoms with Gasteiger partial charge in [0, 0.05) is 17.9 Å². The number of benzene rings is 2. The monoisotopic (exact) mass is 594 g/mol. The van der Waals surface area contributed by atoms with Gasteiger partial charge in [0.1, 0.15) is 11.5 Å². The molecule has 1 amide bonds. The van der Waals surface area contributed by atoms with Gasteiger partial charge in [-0.3, -0.25) is 9.59 Å². The molecule has 0 radical (unpaired) electrons. The third-order valence-corrected chi connectivity index (χ3v) is 8.49. The van der Waals surface area contributed by atoms with E-state index in [2.05, 4.69) is 35.5 Å². The van der Waals surface area contributed by atoms with Crippen molar-refractivity contribution in [3.05, 3.63) is 64.7 Å². The summed E-state index contributed by atoms with van der Waals surface area (Å²) in [5.41, 5.74) is 3.60. The highest BCUT2D eigenvalue weighted by Gasteiger charge is 2.14. The van der Waals surface area contributed by atoms with Gasteiger partial charge in [0.15, 0.2) is 12.4 Å². The van der Waals surface area contributed by atoms with Crippen LogP contribution in [0, 0.1) is 0 Å².